The molecule has 114 valence electrons. The molecule has 19 heavy (non-hydrogen) atoms. The van der Waals surface area contributed by atoms with Crippen molar-refractivity contribution in [3.63, 3.8) is 0 Å². The normalized spacial score (nSPS) is 37.1. The standard InChI is InChI=1S/C19H38/c1-8-13-16(7)19(12-5)17(15(6)10-3)18(19,11-4)14-9-2/h15-17H,8-14H2,1-7H3. The van der Waals surface area contributed by atoms with Gasteiger partial charge in [0.15, 0.2) is 0 Å². The van der Waals surface area contributed by atoms with Crippen LogP contribution in [0, 0.1) is 28.6 Å². The number of hydrogen-bond donors (Lipinski definition) is 0. The van der Waals surface area contributed by atoms with Gasteiger partial charge in [0.2, 0.25) is 0 Å². The largest absolute Gasteiger partial charge is 0.0654 e. The first kappa shape index (κ1) is 17.1. The lowest BCUT2D eigenvalue weighted by molar-refractivity contribution is 0.195. The third-order valence-corrected chi connectivity index (χ3v) is 6.72. The molecule has 1 saturated carbocycles. The molecular formula is C19H38. The van der Waals surface area contributed by atoms with Crippen LogP contribution in [0.25, 0.3) is 0 Å². The Morgan fingerprint density at radius 2 is 1.53 bits per heavy atom. The maximum atomic E-state index is 2.55. The van der Waals surface area contributed by atoms with Gasteiger partial charge in [-0.3, -0.25) is 0 Å². The molecule has 0 saturated heterocycles. The zero-order valence-corrected chi connectivity index (χ0v) is 14.7. The van der Waals surface area contributed by atoms with Crippen molar-refractivity contribution in [2.75, 3.05) is 0 Å². The van der Waals surface area contributed by atoms with E-state index >= 15 is 0 Å². The second-order valence-corrected chi connectivity index (χ2v) is 7.21. The molecule has 1 fully saturated rings. The van der Waals surface area contributed by atoms with Gasteiger partial charge in [-0.2, -0.15) is 0 Å². The van der Waals surface area contributed by atoms with Crippen molar-refractivity contribution < 1.29 is 0 Å². The fraction of sp³-hybridized carbons (Fsp3) is 1.00. The summed E-state index contributed by atoms with van der Waals surface area (Å²) in [5.41, 5.74) is 1.32. The Kier molecular flexibility index (Phi) is 5.96. The average molecular weight is 267 g/mol. The van der Waals surface area contributed by atoms with Crippen molar-refractivity contribution in [2.45, 2.75) is 93.4 Å². The molecule has 0 heterocycles. The van der Waals surface area contributed by atoms with E-state index in [-0.39, 0.29) is 0 Å². The summed E-state index contributed by atoms with van der Waals surface area (Å²) in [6.45, 7) is 17.1. The van der Waals surface area contributed by atoms with Crippen LogP contribution in [0.5, 0.6) is 0 Å². The Balaban J connectivity index is 3.11. The highest BCUT2D eigenvalue weighted by Crippen LogP contribution is 2.80. The van der Waals surface area contributed by atoms with Crippen LogP contribution < -0.4 is 0 Å². The van der Waals surface area contributed by atoms with E-state index in [1.54, 1.807) is 0 Å². The van der Waals surface area contributed by atoms with Gasteiger partial charge in [-0.25, -0.2) is 0 Å². The van der Waals surface area contributed by atoms with Crippen LogP contribution >= 0.6 is 0 Å². The molecule has 1 aliphatic rings. The molecule has 0 N–H and O–H groups in total. The summed E-state index contributed by atoms with van der Waals surface area (Å²) in [5.74, 6) is 2.81. The highest BCUT2D eigenvalue weighted by molar-refractivity contribution is 5.22. The van der Waals surface area contributed by atoms with Crippen LogP contribution in [-0.2, 0) is 0 Å². The molecule has 0 nitrogen and oxygen atoms in total. The van der Waals surface area contributed by atoms with Gasteiger partial charge in [-0.05, 0) is 47.8 Å². The highest BCUT2D eigenvalue weighted by atomic mass is 14.8. The summed E-state index contributed by atoms with van der Waals surface area (Å²) in [4.78, 5) is 0. The molecule has 0 heteroatoms. The smallest absolute Gasteiger partial charge is 0.0179 e. The fourth-order valence-electron chi connectivity index (χ4n) is 5.99. The van der Waals surface area contributed by atoms with Crippen LogP contribution in [0.15, 0.2) is 0 Å². The highest BCUT2D eigenvalue weighted by Gasteiger charge is 2.74. The number of hydrogen-bond acceptors (Lipinski definition) is 0. The topological polar surface area (TPSA) is 0 Å². The summed E-state index contributed by atoms with van der Waals surface area (Å²) in [7, 11) is 0. The van der Waals surface area contributed by atoms with Gasteiger partial charge in [0, 0.05) is 0 Å². The Morgan fingerprint density at radius 3 is 1.89 bits per heavy atom. The van der Waals surface area contributed by atoms with E-state index in [1.807, 2.05) is 0 Å². The molecule has 5 atom stereocenters. The molecule has 5 unspecified atom stereocenters. The van der Waals surface area contributed by atoms with Gasteiger partial charge < -0.3 is 0 Å². The molecule has 1 aliphatic carbocycles. The van der Waals surface area contributed by atoms with Crippen LogP contribution in [0.1, 0.15) is 93.4 Å². The van der Waals surface area contributed by atoms with E-state index in [0.717, 1.165) is 17.8 Å². The van der Waals surface area contributed by atoms with Gasteiger partial charge in [0.25, 0.3) is 0 Å². The third kappa shape index (κ3) is 2.38. The maximum Gasteiger partial charge on any atom is -0.0179 e. The Labute approximate surface area is 122 Å². The second-order valence-electron chi connectivity index (χ2n) is 7.21. The first-order valence-corrected chi connectivity index (χ1v) is 9.02. The number of rotatable bonds is 9. The van der Waals surface area contributed by atoms with E-state index in [9.17, 15) is 0 Å². The first-order valence-electron chi connectivity index (χ1n) is 9.02. The van der Waals surface area contributed by atoms with E-state index < -0.39 is 0 Å². The Hall–Kier alpha value is 0. The zero-order valence-electron chi connectivity index (χ0n) is 14.7. The lowest BCUT2D eigenvalue weighted by Crippen LogP contribution is -2.21. The van der Waals surface area contributed by atoms with Crippen molar-refractivity contribution in [1.82, 2.24) is 0 Å². The lowest BCUT2D eigenvalue weighted by Gasteiger charge is -2.30. The third-order valence-electron chi connectivity index (χ3n) is 6.72. The van der Waals surface area contributed by atoms with Gasteiger partial charge in [-0.1, -0.05) is 74.1 Å². The van der Waals surface area contributed by atoms with E-state index in [4.69, 9.17) is 0 Å². The quantitative estimate of drug-likeness (QED) is 0.436. The summed E-state index contributed by atoms with van der Waals surface area (Å²) in [6.07, 6.45) is 9.75. The minimum absolute atomic E-state index is 0.656. The SMILES string of the molecule is CCCC(C)C1(CC)C(C(C)CC)C1(CC)CCC. The van der Waals surface area contributed by atoms with Crippen molar-refractivity contribution in [3.8, 4) is 0 Å². The van der Waals surface area contributed by atoms with Crippen LogP contribution in [0.2, 0.25) is 0 Å². The Bertz CT molecular complexity index is 269. The zero-order chi connectivity index (χ0) is 14.7. The molecule has 0 radical (unpaired) electrons. The fourth-order valence-corrected chi connectivity index (χ4v) is 5.99. The first-order chi connectivity index (χ1) is 9.02. The average Bonchev–Trinajstić information content (AvgIpc) is 3.02. The van der Waals surface area contributed by atoms with Crippen LogP contribution in [-0.4, -0.2) is 0 Å². The molecule has 0 bridgehead atoms. The molecule has 0 aromatic rings. The van der Waals surface area contributed by atoms with E-state index in [2.05, 4.69) is 48.5 Å². The van der Waals surface area contributed by atoms with Gasteiger partial charge >= 0.3 is 0 Å². The van der Waals surface area contributed by atoms with E-state index in [1.165, 1.54) is 44.9 Å². The predicted octanol–water partition coefficient (Wildman–Crippen LogP) is 6.69. The van der Waals surface area contributed by atoms with E-state index in [0.29, 0.717) is 10.8 Å². The molecule has 0 aromatic carbocycles. The van der Waals surface area contributed by atoms with Crippen LogP contribution in [0.4, 0.5) is 0 Å². The molecule has 0 aliphatic heterocycles. The molecular weight excluding hydrogens is 228 g/mol. The second kappa shape index (κ2) is 6.64. The Morgan fingerprint density at radius 1 is 0.895 bits per heavy atom. The van der Waals surface area contributed by atoms with Gasteiger partial charge in [-0.15, -0.1) is 0 Å². The van der Waals surface area contributed by atoms with Crippen molar-refractivity contribution in [1.29, 1.82) is 0 Å². The molecule has 0 amide bonds. The minimum atomic E-state index is 0.656. The van der Waals surface area contributed by atoms with Crippen molar-refractivity contribution >= 4 is 0 Å². The van der Waals surface area contributed by atoms with Gasteiger partial charge in [0.1, 0.15) is 0 Å². The van der Waals surface area contributed by atoms with Crippen molar-refractivity contribution in [2.24, 2.45) is 28.6 Å². The molecule has 0 aromatic heterocycles. The summed E-state index contributed by atoms with van der Waals surface area (Å²) in [5, 5.41) is 0. The summed E-state index contributed by atoms with van der Waals surface area (Å²) >= 11 is 0. The minimum Gasteiger partial charge on any atom is -0.0654 e. The molecule has 0 spiro atoms. The lowest BCUT2D eigenvalue weighted by atomic mass is 9.75. The summed E-state index contributed by atoms with van der Waals surface area (Å²) in [6, 6.07) is 0. The monoisotopic (exact) mass is 266 g/mol. The molecule has 1 rings (SSSR count). The summed E-state index contributed by atoms with van der Waals surface area (Å²) < 4.78 is 0. The van der Waals surface area contributed by atoms with Gasteiger partial charge in [0.05, 0.1) is 0 Å². The maximum absolute atomic E-state index is 2.55. The predicted molar refractivity (Wildman–Crippen MR) is 87.4 cm³/mol. The van der Waals surface area contributed by atoms with Crippen LogP contribution in [0.3, 0.4) is 0 Å². The van der Waals surface area contributed by atoms with Crippen molar-refractivity contribution in [3.05, 3.63) is 0 Å².